The summed E-state index contributed by atoms with van der Waals surface area (Å²) in [5.41, 5.74) is 0.537. The molecule has 0 radical (unpaired) electrons. The van der Waals surface area contributed by atoms with Gasteiger partial charge >= 0.3 is 0 Å². The fourth-order valence-electron chi connectivity index (χ4n) is 1.61. The van der Waals surface area contributed by atoms with E-state index in [4.69, 9.17) is 9.47 Å². The van der Waals surface area contributed by atoms with Crippen molar-refractivity contribution in [1.29, 1.82) is 0 Å². The van der Waals surface area contributed by atoms with Crippen molar-refractivity contribution in [3.63, 3.8) is 0 Å². The maximum atomic E-state index is 13.7. The van der Waals surface area contributed by atoms with Crippen LogP contribution in [0, 0.1) is 5.82 Å². The molecule has 0 amide bonds. The molecule has 0 unspecified atom stereocenters. The highest BCUT2D eigenvalue weighted by Crippen LogP contribution is 2.35. The fraction of sp³-hybridized carbons (Fsp3) is 0.455. The zero-order valence-electron chi connectivity index (χ0n) is 8.59. The Morgan fingerprint density at radius 1 is 1.47 bits per heavy atom. The molecular formula is C11H12BrFO2. The summed E-state index contributed by atoms with van der Waals surface area (Å²) in [5, 5.41) is 0. The van der Waals surface area contributed by atoms with Gasteiger partial charge in [-0.1, -0.05) is 12.1 Å². The Hall–Kier alpha value is -0.450. The van der Waals surface area contributed by atoms with Gasteiger partial charge in [-0.25, -0.2) is 4.39 Å². The first-order valence-corrected chi connectivity index (χ1v) is 5.54. The molecule has 0 aliphatic carbocycles. The Labute approximate surface area is 96.5 Å². The van der Waals surface area contributed by atoms with Crippen LogP contribution in [0.1, 0.15) is 25.5 Å². The third-order valence-electron chi connectivity index (χ3n) is 2.34. The maximum Gasteiger partial charge on any atom is 0.163 e. The summed E-state index contributed by atoms with van der Waals surface area (Å²) in [6.45, 7) is 4.03. The predicted molar refractivity (Wildman–Crippen MR) is 58.0 cm³/mol. The smallest absolute Gasteiger partial charge is 0.163 e. The van der Waals surface area contributed by atoms with Gasteiger partial charge in [0.15, 0.2) is 5.79 Å². The summed E-state index contributed by atoms with van der Waals surface area (Å²) in [5.74, 6) is -0.900. The van der Waals surface area contributed by atoms with E-state index in [1.165, 1.54) is 0 Å². The minimum absolute atomic E-state index is 0.274. The third kappa shape index (κ3) is 2.22. The topological polar surface area (TPSA) is 18.5 Å². The van der Waals surface area contributed by atoms with Gasteiger partial charge in [0.1, 0.15) is 11.9 Å². The van der Waals surface area contributed by atoms with Crippen molar-refractivity contribution in [3.05, 3.63) is 34.1 Å². The van der Waals surface area contributed by atoms with Crippen LogP contribution in [0.2, 0.25) is 0 Å². The van der Waals surface area contributed by atoms with Gasteiger partial charge in [-0.15, -0.1) is 0 Å². The highest BCUT2D eigenvalue weighted by Gasteiger charge is 2.35. The average Bonchev–Trinajstić information content (AvgIpc) is 2.51. The molecule has 1 aliphatic rings. The molecule has 0 spiro atoms. The highest BCUT2D eigenvalue weighted by molar-refractivity contribution is 9.10. The molecule has 1 aromatic carbocycles. The average molecular weight is 275 g/mol. The van der Waals surface area contributed by atoms with E-state index < -0.39 is 5.79 Å². The predicted octanol–water partition coefficient (Wildman–Crippen LogP) is 3.41. The zero-order chi connectivity index (χ0) is 11.1. The Bertz CT molecular complexity index is 379. The van der Waals surface area contributed by atoms with Gasteiger partial charge in [-0.3, -0.25) is 0 Å². The van der Waals surface area contributed by atoms with Crippen molar-refractivity contribution in [2.24, 2.45) is 0 Å². The quantitative estimate of drug-likeness (QED) is 0.782. The van der Waals surface area contributed by atoms with E-state index >= 15 is 0 Å². The molecule has 2 nitrogen and oxygen atoms in total. The molecule has 1 fully saturated rings. The molecule has 1 aromatic rings. The largest absolute Gasteiger partial charge is 0.347 e. The lowest BCUT2D eigenvalue weighted by atomic mass is 10.1. The number of benzene rings is 1. The molecule has 1 heterocycles. The standard InChI is InChI=1S/C11H12BrFO2/c1-11(2)14-6-9(15-11)7-4-3-5-8(12)10(7)13/h3-5,9H,6H2,1-2H3/t9-/m0/s1. The van der Waals surface area contributed by atoms with Crippen LogP contribution in [0.4, 0.5) is 4.39 Å². The van der Waals surface area contributed by atoms with Crippen molar-refractivity contribution in [3.8, 4) is 0 Å². The molecule has 0 saturated carbocycles. The number of ether oxygens (including phenoxy) is 2. The Morgan fingerprint density at radius 3 is 2.80 bits per heavy atom. The number of rotatable bonds is 1. The molecule has 4 heteroatoms. The van der Waals surface area contributed by atoms with Crippen LogP contribution in [0.25, 0.3) is 0 Å². The lowest BCUT2D eigenvalue weighted by Gasteiger charge is -2.17. The minimum atomic E-state index is -0.626. The van der Waals surface area contributed by atoms with Crippen LogP contribution < -0.4 is 0 Å². The number of halogens is 2. The van der Waals surface area contributed by atoms with Gasteiger partial charge < -0.3 is 9.47 Å². The lowest BCUT2D eigenvalue weighted by Crippen LogP contribution is -2.19. The first-order chi connectivity index (χ1) is 6.99. The molecule has 15 heavy (non-hydrogen) atoms. The van der Waals surface area contributed by atoms with Crippen molar-refractivity contribution < 1.29 is 13.9 Å². The minimum Gasteiger partial charge on any atom is -0.347 e. The molecule has 0 aromatic heterocycles. The van der Waals surface area contributed by atoms with Gasteiger partial charge in [0, 0.05) is 5.56 Å². The molecule has 0 bridgehead atoms. The normalized spacial score (nSPS) is 24.4. The van der Waals surface area contributed by atoms with Crippen molar-refractivity contribution in [2.45, 2.75) is 25.7 Å². The first kappa shape index (κ1) is 11.0. The maximum absolute atomic E-state index is 13.7. The van der Waals surface area contributed by atoms with Gasteiger partial charge in [0.25, 0.3) is 0 Å². The van der Waals surface area contributed by atoms with E-state index in [1.807, 2.05) is 13.8 Å². The second-order valence-electron chi connectivity index (χ2n) is 3.96. The summed E-state index contributed by atoms with van der Waals surface area (Å²) in [4.78, 5) is 0. The number of hydrogen-bond donors (Lipinski definition) is 0. The Morgan fingerprint density at radius 2 is 2.20 bits per heavy atom. The third-order valence-corrected chi connectivity index (χ3v) is 2.95. The first-order valence-electron chi connectivity index (χ1n) is 4.75. The van der Waals surface area contributed by atoms with E-state index in [9.17, 15) is 4.39 Å². The van der Waals surface area contributed by atoms with Crippen molar-refractivity contribution in [1.82, 2.24) is 0 Å². The fourth-order valence-corrected chi connectivity index (χ4v) is 1.99. The molecule has 0 N–H and O–H groups in total. The SMILES string of the molecule is CC1(C)OC[C@@H](c2cccc(Br)c2F)O1. The second-order valence-corrected chi connectivity index (χ2v) is 4.81. The zero-order valence-corrected chi connectivity index (χ0v) is 10.2. The summed E-state index contributed by atoms with van der Waals surface area (Å²) in [6, 6.07) is 5.17. The summed E-state index contributed by atoms with van der Waals surface area (Å²) in [6.07, 6.45) is -0.322. The lowest BCUT2D eigenvalue weighted by molar-refractivity contribution is -0.139. The second kappa shape index (κ2) is 3.85. The van der Waals surface area contributed by atoms with Crippen LogP contribution >= 0.6 is 15.9 Å². The van der Waals surface area contributed by atoms with Gasteiger partial charge in [0.2, 0.25) is 0 Å². The molecular weight excluding hydrogens is 263 g/mol. The molecule has 1 saturated heterocycles. The summed E-state index contributed by atoms with van der Waals surface area (Å²) >= 11 is 3.15. The van der Waals surface area contributed by atoms with Crippen LogP contribution in [0.15, 0.2) is 22.7 Å². The summed E-state index contributed by atoms with van der Waals surface area (Å²) in [7, 11) is 0. The van der Waals surface area contributed by atoms with E-state index in [0.29, 0.717) is 16.6 Å². The van der Waals surface area contributed by atoms with Gasteiger partial charge in [-0.2, -0.15) is 0 Å². The van der Waals surface area contributed by atoms with E-state index in [2.05, 4.69) is 15.9 Å². The van der Waals surface area contributed by atoms with Crippen LogP contribution in [0.3, 0.4) is 0 Å². The molecule has 2 rings (SSSR count). The van der Waals surface area contributed by atoms with Crippen LogP contribution in [0.5, 0.6) is 0 Å². The van der Waals surface area contributed by atoms with Crippen LogP contribution in [-0.2, 0) is 9.47 Å². The van der Waals surface area contributed by atoms with E-state index in [0.717, 1.165) is 0 Å². The van der Waals surface area contributed by atoms with Gasteiger partial charge in [-0.05, 0) is 35.8 Å². The molecule has 1 aliphatic heterocycles. The van der Waals surface area contributed by atoms with Crippen LogP contribution in [-0.4, -0.2) is 12.4 Å². The van der Waals surface area contributed by atoms with Crippen molar-refractivity contribution in [2.75, 3.05) is 6.61 Å². The Balaban J connectivity index is 2.28. The van der Waals surface area contributed by atoms with E-state index in [1.54, 1.807) is 18.2 Å². The molecule has 1 atom stereocenters. The van der Waals surface area contributed by atoms with Gasteiger partial charge in [0.05, 0.1) is 11.1 Å². The monoisotopic (exact) mass is 274 g/mol. The summed E-state index contributed by atoms with van der Waals surface area (Å²) < 4.78 is 25.2. The number of hydrogen-bond acceptors (Lipinski definition) is 2. The highest BCUT2D eigenvalue weighted by atomic mass is 79.9. The Kier molecular flexibility index (Phi) is 2.83. The van der Waals surface area contributed by atoms with E-state index in [-0.39, 0.29) is 11.9 Å². The molecule has 82 valence electrons. The van der Waals surface area contributed by atoms with Crippen molar-refractivity contribution >= 4 is 15.9 Å².